The predicted octanol–water partition coefficient (Wildman–Crippen LogP) is 5.67. The molecule has 0 saturated carbocycles. The molecular weight excluding hydrogens is 311 g/mol. The summed E-state index contributed by atoms with van der Waals surface area (Å²) in [6, 6.07) is 13.3. The molecule has 20 heavy (non-hydrogen) atoms. The molecule has 0 aromatic heterocycles. The second-order valence-corrected chi connectivity index (χ2v) is 6.45. The van der Waals surface area contributed by atoms with Crippen molar-refractivity contribution in [3.05, 3.63) is 63.6 Å². The van der Waals surface area contributed by atoms with Crippen molar-refractivity contribution in [3.63, 3.8) is 0 Å². The Labute approximate surface area is 133 Å². The third-order valence-electron chi connectivity index (χ3n) is 2.86. The zero-order valence-corrected chi connectivity index (χ0v) is 13.4. The summed E-state index contributed by atoms with van der Waals surface area (Å²) in [6.45, 7) is 2.06. The lowest BCUT2D eigenvalue weighted by Crippen LogP contribution is -2.00. The molecule has 1 nitrogen and oxygen atoms in total. The first-order valence-electron chi connectivity index (χ1n) is 6.24. The Bertz CT molecular complexity index is 608. The highest BCUT2D eigenvalue weighted by Gasteiger charge is 2.08. The Morgan fingerprint density at radius 1 is 1.05 bits per heavy atom. The van der Waals surface area contributed by atoms with Gasteiger partial charge in [0.1, 0.15) is 0 Å². The van der Waals surface area contributed by atoms with Gasteiger partial charge in [0.25, 0.3) is 0 Å². The van der Waals surface area contributed by atoms with Crippen molar-refractivity contribution in [1.29, 1.82) is 0 Å². The van der Waals surface area contributed by atoms with Crippen LogP contribution in [-0.2, 0) is 0 Å². The highest BCUT2D eigenvalue weighted by Crippen LogP contribution is 2.24. The molecule has 0 aliphatic carbocycles. The normalized spacial score (nSPS) is 10.6. The molecule has 4 heteroatoms. The van der Waals surface area contributed by atoms with Crippen LogP contribution < -0.4 is 0 Å². The van der Waals surface area contributed by atoms with E-state index in [1.165, 1.54) is 10.5 Å². The number of hydrogen-bond donors (Lipinski definition) is 0. The number of ketones is 1. The van der Waals surface area contributed by atoms with Gasteiger partial charge in [0.05, 0.1) is 10.0 Å². The fraction of sp³-hybridized carbons (Fsp3) is 0.188. The van der Waals surface area contributed by atoms with E-state index in [1.807, 2.05) is 0 Å². The van der Waals surface area contributed by atoms with Crippen molar-refractivity contribution >= 4 is 40.7 Å². The van der Waals surface area contributed by atoms with Crippen LogP contribution >= 0.6 is 35.0 Å². The molecule has 0 fully saturated rings. The first-order valence-corrected chi connectivity index (χ1v) is 7.98. The first kappa shape index (κ1) is 15.4. The molecule has 2 rings (SSSR count). The van der Waals surface area contributed by atoms with Gasteiger partial charge in [-0.3, -0.25) is 4.79 Å². The van der Waals surface area contributed by atoms with Crippen LogP contribution in [0.3, 0.4) is 0 Å². The van der Waals surface area contributed by atoms with Crippen molar-refractivity contribution in [3.8, 4) is 0 Å². The van der Waals surface area contributed by atoms with Gasteiger partial charge in [0.2, 0.25) is 0 Å². The lowest BCUT2D eigenvalue weighted by molar-refractivity contribution is 0.0989. The molecule has 0 amide bonds. The molecular formula is C16H14Cl2OS. The predicted molar refractivity (Wildman–Crippen MR) is 87.3 cm³/mol. The SMILES string of the molecule is Cc1ccc(SCCC(=O)c2ccc(Cl)c(Cl)c2)cc1. The van der Waals surface area contributed by atoms with Gasteiger partial charge in [-0.15, -0.1) is 11.8 Å². The summed E-state index contributed by atoms with van der Waals surface area (Å²) in [4.78, 5) is 13.2. The highest BCUT2D eigenvalue weighted by molar-refractivity contribution is 7.99. The second-order valence-electron chi connectivity index (χ2n) is 4.46. The summed E-state index contributed by atoms with van der Waals surface area (Å²) >= 11 is 13.4. The summed E-state index contributed by atoms with van der Waals surface area (Å²) in [5.74, 6) is 0.838. The Morgan fingerprint density at radius 3 is 2.40 bits per heavy atom. The topological polar surface area (TPSA) is 17.1 Å². The Morgan fingerprint density at radius 2 is 1.75 bits per heavy atom. The van der Waals surface area contributed by atoms with Crippen molar-refractivity contribution in [2.24, 2.45) is 0 Å². The maximum Gasteiger partial charge on any atom is 0.163 e. The molecule has 0 radical (unpaired) electrons. The van der Waals surface area contributed by atoms with Crippen LogP contribution in [0.1, 0.15) is 22.3 Å². The first-order chi connectivity index (χ1) is 9.56. The molecule has 0 unspecified atom stereocenters. The largest absolute Gasteiger partial charge is 0.294 e. The Hall–Kier alpha value is -0.960. The van der Waals surface area contributed by atoms with E-state index in [9.17, 15) is 4.79 Å². The molecule has 104 valence electrons. The van der Waals surface area contributed by atoms with E-state index < -0.39 is 0 Å². The van der Waals surface area contributed by atoms with Crippen LogP contribution in [0.5, 0.6) is 0 Å². The van der Waals surface area contributed by atoms with Crippen LogP contribution in [0.25, 0.3) is 0 Å². The number of hydrogen-bond acceptors (Lipinski definition) is 2. The van der Waals surface area contributed by atoms with Crippen LogP contribution in [0.4, 0.5) is 0 Å². The van der Waals surface area contributed by atoms with E-state index in [-0.39, 0.29) is 5.78 Å². The molecule has 0 aliphatic heterocycles. The van der Waals surface area contributed by atoms with Crippen LogP contribution in [0.15, 0.2) is 47.4 Å². The van der Waals surface area contributed by atoms with Gasteiger partial charge < -0.3 is 0 Å². The maximum absolute atomic E-state index is 12.0. The van der Waals surface area contributed by atoms with E-state index >= 15 is 0 Å². The molecule has 2 aromatic carbocycles. The fourth-order valence-electron chi connectivity index (χ4n) is 1.71. The van der Waals surface area contributed by atoms with Gasteiger partial charge in [0, 0.05) is 22.6 Å². The molecule has 0 spiro atoms. The Balaban J connectivity index is 1.88. The zero-order valence-electron chi connectivity index (χ0n) is 11.0. The minimum Gasteiger partial charge on any atom is -0.294 e. The minimum absolute atomic E-state index is 0.0863. The number of carbonyl (C=O) groups excluding carboxylic acids is 1. The maximum atomic E-state index is 12.0. The van der Waals surface area contributed by atoms with Crippen molar-refractivity contribution in [2.45, 2.75) is 18.2 Å². The second kappa shape index (κ2) is 7.16. The van der Waals surface area contributed by atoms with E-state index in [4.69, 9.17) is 23.2 Å². The van der Waals surface area contributed by atoms with Gasteiger partial charge in [-0.2, -0.15) is 0 Å². The fourth-order valence-corrected chi connectivity index (χ4v) is 2.86. The summed E-state index contributed by atoms with van der Waals surface area (Å²) in [5.41, 5.74) is 1.85. The van der Waals surface area contributed by atoms with Gasteiger partial charge in [0.15, 0.2) is 5.78 Å². The number of benzene rings is 2. The summed E-state index contributed by atoms with van der Waals surface area (Å²) < 4.78 is 0. The third-order valence-corrected chi connectivity index (χ3v) is 4.61. The van der Waals surface area contributed by atoms with Crippen molar-refractivity contribution in [1.82, 2.24) is 0 Å². The van der Waals surface area contributed by atoms with Gasteiger partial charge >= 0.3 is 0 Å². The zero-order chi connectivity index (χ0) is 14.5. The van der Waals surface area contributed by atoms with Crippen molar-refractivity contribution < 1.29 is 4.79 Å². The monoisotopic (exact) mass is 324 g/mol. The molecule has 0 bridgehead atoms. The van der Waals surface area contributed by atoms with Gasteiger partial charge in [-0.25, -0.2) is 0 Å². The van der Waals surface area contributed by atoms with Crippen LogP contribution in [0, 0.1) is 6.92 Å². The highest BCUT2D eigenvalue weighted by atomic mass is 35.5. The third kappa shape index (κ3) is 4.27. The summed E-state index contributed by atoms with van der Waals surface area (Å²) in [6.07, 6.45) is 0.483. The number of aryl methyl sites for hydroxylation is 1. The number of carbonyl (C=O) groups is 1. The van der Waals surface area contributed by atoms with Gasteiger partial charge in [-0.05, 0) is 37.3 Å². The number of rotatable bonds is 5. The summed E-state index contributed by atoms with van der Waals surface area (Å²) in [7, 11) is 0. The quantitative estimate of drug-likeness (QED) is 0.521. The molecule has 0 atom stereocenters. The molecule has 0 N–H and O–H groups in total. The van der Waals surface area contributed by atoms with E-state index in [0.717, 1.165) is 5.75 Å². The molecule has 2 aromatic rings. The number of halogens is 2. The molecule has 0 aliphatic rings. The number of Topliss-reactive ketones (excluding diaryl/α,β-unsaturated/α-hetero) is 1. The van der Waals surface area contributed by atoms with Gasteiger partial charge in [-0.1, -0.05) is 40.9 Å². The molecule has 0 saturated heterocycles. The smallest absolute Gasteiger partial charge is 0.163 e. The summed E-state index contributed by atoms with van der Waals surface area (Å²) in [5, 5.41) is 0.890. The number of thioether (sulfide) groups is 1. The van der Waals surface area contributed by atoms with E-state index in [2.05, 4.69) is 31.2 Å². The van der Waals surface area contributed by atoms with E-state index in [1.54, 1.807) is 30.0 Å². The lowest BCUT2D eigenvalue weighted by atomic mass is 10.1. The van der Waals surface area contributed by atoms with Crippen LogP contribution in [-0.4, -0.2) is 11.5 Å². The van der Waals surface area contributed by atoms with Crippen LogP contribution in [0.2, 0.25) is 10.0 Å². The lowest BCUT2D eigenvalue weighted by Gasteiger charge is -2.04. The van der Waals surface area contributed by atoms with Crippen molar-refractivity contribution in [2.75, 3.05) is 5.75 Å². The minimum atomic E-state index is 0.0863. The Kier molecular flexibility index (Phi) is 5.53. The average molecular weight is 325 g/mol. The average Bonchev–Trinajstić information content (AvgIpc) is 2.44. The standard InChI is InChI=1S/C16H14Cl2OS/c1-11-2-5-13(6-3-11)20-9-8-16(19)12-4-7-14(17)15(18)10-12/h2-7,10H,8-9H2,1H3. The van der Waals surface area contributed by atoms with E-state index in [0.29, 0.717) is 22.0 Å². The molecule has 0 heterocycles.